The van der Waals surface area contributed by atoms with Crippen LogP contribution in [0.1, 0.15) is 11.3 Å². The highest BCUT2D eigenvalue weighted by atomic mass is 19.1. The van der Waals surface area contributed by atoms with Crippen LogP contribution >= 0.6 is 0 Å². The molecule has 8 heteroatoms. The van der Waals surface area contributed by atoms with Crippen molar-refractivity contribution in [1.82, 2.24) is 15.3 Å². The minimum atomic E-state index is -0.434. The molecule has 0 aliphatic carbocycles. The fourth-order valence-corrected chi connectivity index (χ4v) is 2.65. The van der Waals surface area contributed by atoms with Crippen molar-refractivity contribution in [1.29, 1.82) is 5.41 Å². The molecule has 0 bridgehead atoms. The molecular weight excluding hydrogens is 359 g/mol. The lowest BCUT2D eigenvalue weighted by Crippen LogP contribution is -2.25. The Morgan fingerprint density at radius 2 is 1.93 bits per heavy atom. The van der Waals surface area contributed by atoms with Crippen molar-refractivity contribution in [2.75, 3.05) is 17.7 Å². The van der Waals surface area contributed by atoms with Gasteiger partial charge in [-0.05, 0) is 37.3 Å². The molecule has 0 atom stereocenters. The van der Waals surface area contributed by atoms with Crippen molar-refractivity contribution >= 4 is 29.3 Å². The Balaban J connectivity index is 1.98. The second kappa shape index (κ2) is 8.26. The summed E-state index contributed by atoms with van der Waals surface area (Å²) in [7, 11) is 1.49. The molecule has 3 aromatic rings. The summed E-state index contributed by atoms with van der Waals surface area (Å²) < 4.78 is 14.2. The van der Waals surface area contributed by atoms with E-state index < -0.39 is 6.03 Å². The molecule has 7 nitrogen and oxygen atoms in total. The molecule has 2 amide bonds. The average Bonchev–Trinajstić information content (AvgIpc) is 2.71. The lowest BCUT2D eigenvalue weighted by molar-refractivity contribution is 0.254. The van der Waals surface area contributed by atoms with E-state index in [0.717, 1.165) is 11.8 Å². The SMILES string of the molecule is CNC(=O)Nc1c(Nc2ccnc(-c3cc(C)ccc3F)c2)ccnc1C=N. The average molecular weight is 378 g/mol. The second-order valence-electron chi connectivity index (χ2n) is 6.01. The van der Waals surface area contributed by atoms with Gasteiger partial charge >= 0.3 is 6.03 Å². The van der Waals surface area contributed by atoms with Crippen LogP contribution < -0.4 is 16.0 Å². The van der Waals surface area contributed by atoms with Crippen molar-refractivity contribution in [3.05, 3.63) is 65.9 Å². The number of aryl methyl sites for hydroxylation is 1. The monoisotopic (exact) mass is 378 g/mol. The van der Waals surface area contributed by atoms with Crippen LogP contribution in [0.2, 0.25) is 0 Å². The summed E-state index contributed by atoms with van der Waals surface area (Å²) in [5.74, 6) is -0.354. The Kier molecular flexibility index (Phi) is 5.59. The lowest BCUT2D eigenvalue weighted by atomic mass is 10.1. The van der Waals surface area contributed by atoms with Gasteiger partial charge in [-0.15, -0.1) is 0 Å². The van der Waals surface area contributed by atoms with Crippen LogP contribution in [-0.4, -0.2) is 29.3 Å². The van der Waals surface area contributed by atoms with Crippen LogP contribution in [0.15, 0.2) is 48.8 Å². The van der Waals surface area contributed by atoms with Gasteiger partial charge < -0.3 is 21.4 Å². The quantitative estimate of drug-likeness (QED) is 0.502. The van der Waals surface area contributed by atoms with Crippen molar-refractivity contribution in [3.63, 3.8) is 0 Å². The van der Waals surface area contributed by atoms with E-state index in [2.05, 4.69) is 25.9 Å². The summed E-state index contributed by atoms with van der Waals surface area (Å²) in [6.07, 6.45) is 4.15. The Labute approximate surface area is 161 Å². The molecule has 0 fully saturated rings. The van der Waals surface area contributed by atoms with E-state index in [4.69, 9.17) is 5.41 Å². The molecule has 0 unspecified atom stereocenters. The Hall–Kier alpha value is -3.81. The third-order valence-electron chi connectivity index (χ3n) is 4.02. The first-order valence-corrected chi connectivity index (χ1v) is 8.49. The highest BCUT2D eigenvalue weighted by molar-refractivity contribution is 6.00. The highest BCUT2D eigenvalue weighted by Crippen LogP contribution is 2.29. The van der Waals surface area contributed by atoms with E-state index in [1.165, 1.54) is 19.3 Å². The number of hydrogen-bond donors (Lipinski definition) is 4. The predicted molar refractivity (Wildman–Crippen MR) is 108 cm³/mol. The Morgan fingerprint density at radius 1 is 1.14 bits per heavy atom. The number of aromatic nitrogens is 2. The first-order chi connectivity index (χ1) is 13.5. The summed E-state index contributed by atoms with van der Waals surface area (Å²) in [4.78, 5) is 20.1. The Morgan fingerprint density at radius 3 is 2.68 bits per heavy atom. The van der Waals surface area contributed by atoms with Gasteiger partial charge in [0.2, 0.25) is 0 Å². The van der Waals surface area contributed by atoms with E-state index >= 15 is 0 Å². The van der Waals surface area contributed by atoms with E-state index in [-0.39, 0.29) is 5.82 Å². The van der Waals surface area contributed by atoms with Gasteiger partial charge in [-0.1, -0.05) is 11.6 Å². The molecule has 1 aromatic carbocycles. The van der Waals surface area contributed by atoms with E-state index in [0.29, 0.717) is 34.0 Å². The van der Waals surface area contributed by atoms with Crippen LogP contribution in [0.5, 0.6) is 0 Å². The van der Waals surface area contributed by atoms with E-state index in [9.17, 15) is 9.18 Å². The molecular formula is C20H19FN6O. The second-order valence-corrected chi connectivity index (χ2v) is 6.01. The van der Waals surface area contributed by atoms with Gasteiger partial charge in [0, 0.05) is 36.9 Å². The van der Waals surface area contributed by atoms with E-state index in [1.807, 2.05) is 6.92 Å². The maximum absolute atomic E-state index is 14.2. The number of carbonyl (C=O) groups excluding carboxylic acids is 1. The van der Waals surface area contributed by atoms with Crippen molar-refractivity contribution in [3.8, 4) is 11.3 Å². The van der Waals surface area contributed by atoms with Gasteiger partial charge in [0.25, 0.3) is 0 Å². The Bertz CT molecular complexity index is 1040. The normalized spacial score (nSPS) is 10.2. The molecule has 2 heterocycles. The van der Waals surface area contributed by atoms with Gasteiger partial charge in [0.15, 0.2) is 0 Å². The van der Waals surface area contributed by atoms with Crippen LogP contribution in [-0.2, 0) is 0 Å². The van der Waals surface area contributed by atoms with Crippen LogP contribution in [0.25, 0.3) is 11.3 Å². The number of nitrogens with one attached hydrogen (secondary N) is 4. The van der Waals surface area contributed by atoms with Crippen molar-refractivity contribution < 1.29 is 9.18 Å². The maximum Gasteiger partial charge on any atom is 0.319 e. The van der Waals surface area contributed by atoms with E-state index in [1.54, 1.807) is 36.5 Å². The zero-order valence-electron chi connectivity index (χ0n) is 15.4. The fraction of sp³-hybridized carbons (Fsp3) is 0.100. The zero-order chi connectivity index (χ0) is 20.1. The third kappa shape index (κ3) is 4.12. The number of benzene rings is 1. The number of carbonyl (C=O) groups is 1. The number of amides is 2. The number of urea groups is 1. The molecule has 0 aliphatic heterocycles. The smallest absolute Gasteiger partial charge is 0.319 e. The lowest BCUT2D eigenvalue weighted by Gasteiger charge is -2.15. The van der Waals surface area contributed by atoms with Crippen molar-refractivity contribution in [2.24, 2.45) is 0 Å². The fourth-order valence-electron chi connectivity index (χ4n) is 2.65. The molecule has 0 radical (unpaired) electrons. The zero-order valence-corrected chi connectivity index (χ0v) is 15.4. The minimum Gasteiger partial charge on any atom is -0.354 e. The molecule has 3 rings (SSSR count). The summed E-state index contributed by atoms with van der Waals surface area (Å²) in [5, 5.41) is 15.8. The van der Waals surface area contributed by atoms with Crippen molar-refractivity contribution in [2.45, 2.75) is 6.92 Å². The van der Waals surface area contributed by atoms with Crippen LogP contribution in [0.4, 0.5) is 26.2 Å². The maximum atomic E-state index is 14.2. The number of hydrogen-bond acceptors (Lipinski definition) is 5. The number of halogens is 1. The number of nitrogens with zero attached hydrogens (tertiary/aromatic N) is 2. The molecule has 0 saturated carbocycles. The number of rotatable bonds is 5. The molecule has 4 N–H and O–H groups in total. The van der Waals surface area contributed by atoms with Gasteiger partial charge in [-0.3, -0.25) is 9.97 Å². The van der Waals surface area contributed by atoms with Gasteiger partial charge in [-0.25, -0.2) is 9.18 Å². The molecule has 142 valence electrons. The standard InChI is InChI=1S/C20H19FN6O/c1-12-3-4-15(21)14(9-12)17-10-13(5-7-24-17)26-16-6-8-25-18(11-22)19(16)27-20(28)23-2/h3-11,22H,1-2H3,(H2,23,27,28)(H,24,25,26). The number of anilines is 3. The summed E-state index contributed by atoms with van der Waals surface area (Å²) >= 11 is 0. The molecule has 28 heavy (non-hydrogen) atoms. The molecule has 0 aliphatic rings. The first kappa shape index (κ1) is 19.0. The summed E-state index contributed by atoms with van der Waals surface area (Å²) in [6, 6.07) is 9.53. The first-order valence-electron chi connectivity index (χ1n) is 8.49. The number of pyridine rings is 2. The summed E-state index contributed by atoms with van der Waals surface area (Å²) in [6.45, 7) is 1.89. The predicted octanol–water partition coefficient (Wildman–Crippen LogP) is 4.08. The van der Waals surface area contributed by atoms with Crippen LogP contribution in [0, 0.1) is 18.2 Å². The highest BCUT2D eigenvalue weighted by Gasteiger charge is 2.13. The largest absolute Gasteiger partial charge is 0.354 e. The van der Waals surface area contributed by atoms with Gasteiger partial charge in [0.1, 0.15) is 11.5 Å². The molecule has 0 spiro atoms. The van der Waals surface area contributed by atoms with Gasteiger partial charge in [-0.2, -0.15) is 0 Å². The summed E-state index contributed by atoms with van der Waals surface area (Å²) in [5.41, 5.74) is 3.66. The molecule has 0 saturated heterocycles. The molecule has 2 aromatic heterocycles. The minimum absolute atomic E-state index is 0.299. The van der Waals surface area contributed by atoms with Gasteiger partial charge in [0.05, 0.1) is 17.1 Å². The third-order valence-corrected chi connectivity index (χ3v) is 4.02. The topological polar surface area (TPSA) is 103 Å². The van der Waals surface area contributed by atoms with Crippen LogP contribution in [0.3, 0.4) is 0 Å².